The van der Waals surface area contributed by atoms with Crippen molar-refractivity contribution in [3.05, 3.63) is 106 Å². The molecule has 3 aromatic carbocycles. The summed E-state index contributed by atoms with van der Waals surface area (Å²) in [6, 6.07) is 20.4. The van der Waals surface area contributed by atoms with E-state index in [1.807, 2.05) is 0 Å². The first-order valence-electron chi connectivity index (χ1n) is 11.9. The van der Waals surface area contributed by atoms with E-state index in [4.69, 9.17) is 11.6 Å². The average Bonchev–Trinajstić information content (AvgIpc) is 2.86. The number of nitrogens with zero attached hydrogens (tertiary/aromatic N) is 3. The molecule has 13 heteroatoms. The van der Waals surface area contributed by atoms with Crippen molar-refractivity contribution in [1.29, 1.82) is 0 Å². The van der Waals surface area contributed by atoms with E-state index >= 15 is 0 Å². The topological polar surface area (TPSA) is 138 Å². The monoisotopic (exact) mass is 599 g/mol. The van der Waals surface area contributed by atoms with Crippen molar-refractivity contribution >= 4 is 54.9 Å². The number of carbonyl (C=O) groups is 1. The van der Waals surface area contributed by atoms with Gasteiger partial charge < -0.3 is 5.32 Å². The van der Waals surface area contributed by atoms with E-state index < -0.39 is 26.0 Å². The Morgan fingerprint density at radius 2 is 1.50 bits per heavy atom. The predicted molar refractivity (Wildman–Crippen MR) is 156 cm³/mol. The SMILES string of the molecule is Cc1cc(C)nc(NS(=O)(=O)c2ccc(NC(=O)c3ccc(CN(c4cccc(Cl)c4)S(C)(=O)=O)cc3)cc2)n1. The summed E-state index contributed by atoms with van der Waals surface area (Å²) in [6.07, 6.45) is 1.11. The fraction of sp³-hybridized carbons (Fsp3) is 0.148. The number of rotatable bonds is 9. The van der Waals surface area contributed by atoms with Gasteiger partial charge in [0.1, 0.15) is 0 Å². The quantitative estimate of drug-likeness (QED) is 0.283. The van der Waals surface area contributed by atoms with Crippen LogP contribution in [0.2, 0.25) is 5.02 Å². The van der Waals surface area contributed by atoms with Crippen molar-refractivity contribution in [2.45, 2.75) is 25.3 Å². The molecule has 0 atom stereocenters. The van der Waals surface area contributed by atoms with Gasteiger partial charge >= 0.3 is 0 Å². The standard InChI is InChI=1S/C27H26ClN5O5S2/c1-18-15-19(2)30-27(29-18)32-40(37,38)25-13-11-23(12-14-25)31-26(34)21-9-7-20(8-10-21)17-33(39(3,35)36)24-6-4-5-22(28)16-24/h4-16H,17H2,1-3H3,(H,31,34)(H,29,30,32). The number of aromatic nitrogens is 2. The molecule has 0 saturated heterocycles. The number of anilines is 3. The molecule has 4 aromatic rings. The highest BCUT2D eigenvalue weighted by atomic mass is 35.5. The Morgan fingerprint density at radius 1 is 0.875 bits per heavy atom. The van der Waals surface area contributed by atoms with Crippen molar-refractivity contribution in [2.24, 2.45) is 0 Å². The lowest BCUT2D eigenvalue weighted by molar-refractivity contribution is 0.102. The molecule has 0 unspecified atom stereocenters. The van der Waals surface area contributed by atoms with Gasteiger partial charge in [0.2, 0.25) is 16.0 Å². The second-order valence-electron chi connectivity index (χ2n) is 9.00. The molecule has 2 N–H and O–H groups in total. The summed E-state index contributed by atoms with van der Waals surface area (Å²) in [6.45, 7) is 3.53. The molecular weight excluding hydrogens is 574 g/mol. The van der Waals surface area contributed by atoms with Gasteiger partial charge in [-0.1, -0.05) is 29.8 Å². The van der Waals surface area contributed by atoms with Crippen LogP contribution in [0.1, 0.15) is 27.3 Å². The molecule has 208 valence electrons. The van der Waals surface area contributed by atoms with E-state index in [1.54, 1.807) is 68.4 Å². The Balaban J connectivity index is 1.43. The maximum absolute atomic E-state index is 12.8. The Bertz CT molecular complexity index is 1740. The second-order valence-corrected chi connectivity index (χ2v) is 13.0. The smallest absolute Gasteiger partial charge is 0.264 e. The third kappa shape index (κ3) is 7.34. The summed E-state index contributed by atoms with van der Waals surface area (Å²) < 4.78 is 53.8. The van der Waals surface area contributed by atoms with Gasteiger partial charge in [0.25, 0.3) is 15.9 Å². The van der Waals surface area contributed by atoms with Gasteiger partial charge in [-0.05, 0) is 80.1 Å². The van der Waals surface area contributed by atoms with Crippen LogP contribution in [0.15, 0.2) is 83.8 Å². The van der Waals surface area contributed by atoms with Crippen LogP contribution in [0.5, 0.6) is 0 Å². The molecule has 1 aromatic heterocycles. The molecule has 4 rings (SSSR count). The van der Waals surface area contributed by atoms with Crippen LogP contribution in [-0.2, 0) is 26.6 Å². The third-order valence-corrected chi connectivity index (χ3v) is 8.39. The van der Waals surface area contributed by atoms with Gasteiger partial charge in [-0.15, -0.1) is 0 Å². The molecule has 40 heavy (non-hydrogen) atoms. The van der Waals surface area contributed by atoms with E-state index in [0.29, 0.717) is 38.9 Å². The Kier molecular flexibility index (Phi) is 8.43. The van der Waals surface area contributed by atoms with Gasteiger partial charge in [0, 0.05) is 27.7 Å². The Morgan fingerprint density at radius 3 is 2.08 bits per heavy atom. The van der Waals surface area contributed by atoms with Crippen molar-refractivity contribution < 1.29 is 21.6 Å². The van der Waals surface area contributed by atoms with E-state index in [1.165, 1.54) is 28.6 Å². The van der Waals surface area contributed by atoms with Crippen LogP contribution in [0.4, 0.5) is 17.3 Å². The molecule has 1 amide bonds. The zero-order valence-corrected chi connectivity index (χ0v) is 24.2. The van der Waals surface area contributed by atoms with E-state index in [0.717, 1.165) is 6.26 Å². The lowest BCUT2D eigenvalue weighted by Crippen LogP contribution is -2.29. The number of aryl methyl sites for hydroxylation is 2. The molecule has 0 saturated carbocycles. The summed E-state index contributed by atoms with van der Waals surface area (Å²) in [7, 11) is -7.53. The number of sulfonamides is 2. The molecule has 10 nitrogen and oxygen atoms in total. The summed E-state index contributed by atoms with van der Waals surface area (Å²) in [4.78, 5) is 20.9. The summed E-state index contributed by atoms with van der Waals surface area (Å²) in [5, 5.41) is 3.13. The van der Waals surface area contributed by atoms with Gasteiger partial charge in [-0.25, -0.2) is 31.5 Å². The highest BCUT2D eigenvalue weighted by molar-refractivity contribution is 7.92. The molecular formula is C27H26ClN5O5S2. The number of benzene rings is 3. The molecule has 0 radical (unpaired) electrons. The van der Waals surface area contributed by atoms with Crippen LogP contribution in [0, 0.1) is 13.8 Å². The van der Waals surface area contributed by atoms with Crippen LogP contribution < -0.4 is 14.3 Å². The minimum atomic E-state index is -3.93. The predicted octanol–water partition coefficient (Wildman–Crippen LogP) is 4.77. The highest BCUT2D eigenvalue weighted by Gasteiger charge is 2.19. The lowest BCUT2D eigenvalue weighted by Gasteiger charge is -2.22. The van der Waals surface area contributed by atoms with Crippen molar-refractivity contribution in [1.82, 2.24) is 9.97 Å². The van der Waals surface area contributed by atoms with Crippen molar-refractivity contribution in [3.8, 4) is 0 Å². The first kappa shape index (κ1) is 29.0. The van der Waals surface area contributed by atoms with E-state index in [2.05, 4.69) is 20.0 Å². The molecule has 0 fully saturated rings. The number of hydrogen-bond donors (Lipinski definition) is 2. The molecule has 0 spiro atoms. The van der Waals surface area contributed by atoms with Crippen LogP contribution in [-0.4, -0.2) is 39.0 Å². The van der Waals surface area contributed by atoms with Crippen molar-refractivity contribution in [3.63, 3.8) is 0 Å². The number of nitrogens with one attached hydrogen (secondary N) is 2. The summed E-state index contributed by atoms with van der Waals surface area (Å²) >= 11 is 6.03. The molecule has 0 aliphatic rings. The zero-order valence-electron chi connectivity index (χ0n) is 21.8. The highest BCUT2D eigenvalue weighted by Crippen LogP contribution is 2.24. The number of halogens is 1. The van der Waals surface area contributed by atoms with E-state index in [-0.39, 0.29) is 17.4 Å². The fourth-order valence-corrected chi connectivity index (χ4v) is 5.84. The summed E-state index contributed by atoms with van der Waals surface area (Å²) in [5.74, 6) is -0.440. The normalized spacial score (nSPS) is 11.6. The minimum Gasteiger partial charge on any atom is -0.322 e. The van der Waals surface area contributed by atoms with Gasteiger partial charge in [-0.2, -0.15) is 0 Å². The van der Waals surface area contributed by atoms with Crippen LogP contribution in [0.25, 0.3) is 0 Å². The molecule has 1 heterocycles. The maximum atomic E-state index is 12.8. The van der Waals surface area contributed by atoms with Crippen LogP contribution >= 0.6 is 11.6 Å². The lowest BCUT2D eigenvalue weighted by atomic mass is 10.1. The minimum absolute atomic E-state index is 0.0206. The molecule has 0 aliphatic carbocycles. The third-order valence-electron chi connectivity index (χ3n) is 5.67. The molecule has 0 bridgehead atoms. The Hall–Kier alpha value is -4.00. The average molecular weight is 600 g/mol. The van der Waals surface area contributed by atoms with Gasteiger partial charge in [0.15, 0.2) is 0 Å². The number of hydrogen-bond acceptors (Lipinski definition) is 7. The second kappa shape index (κ2) is 11.6. The first-order valence-corrected chi connectivity index (χ1v) is 15.6. The number of carbonyl (C=O) groups excluding carboxylic acids is 1. The fourth-order valence-electron chi connectivity index (χ4n) is 3.83. The van der Waals surface area contributed by atoms with E-state index in [9.17, 15) is 21.6 Å². The Labute approximate surface area is 238 Å². The van der Waals surface area contributed by atoms with Gasteiger partial charge in [-0.3, -0.25) is 9.10 Å². The number of amides is 1. The van der Waals surface area contributed by atoms with Crippen molar-refractivity contribution in [2.75, 3.05) is 20.6 Å². The molecule has 0 aliphatic heterocycles. The first-order chi connectivity index (χ1) is 18.8. The zero-order chi connectivity index (χ0) is 29.1. The van der Waals surface area contributed by atoms with Gasteiger partial charge in [0.05, 0.1) is 23.4 Å². The van der Waals surface area contributed by atoms with Crippen LogP contribution in [0.3, 0.4) is 0 Å². The largest absolute Gasteiger partial charge is 0.322 e. The summed E-state index contributed by atoms with van der Waals surface area (Å²) in [5.41, 5.74) is 3.08. The maximum Gasteiger partial charge on any atom is 0.264 e.